The van der Waals surface area contributed by atoms with Crippen LogP contribution in [0.15, 0.2) is 6.07 Å². The number of esters is 1. The molecule has 4 aliphatic rings. The molecule has 2 unspecified atom stereocenters. The summed E-state index contributed by atoms with van der Waals surface area (Å²) in [6.07, 6.45) is -0.00930. The fourth-order valence-electron chi connectivity index (χ4n) is 7.53. The topological polar surface area (TPSA) is 125 Å². The zero-order chi connectivity index (χ0) is 27.9. The molecule has 0 saturated carbocycles. The molecule has 6 rings (SSSR count). The highest BCUT2D eigenvalue weighted by Gasteiger charge is 2.59. The zero-order valence-corrected chi connectivity index (χ0v) is 22.9. The first kappa shape index (κ1) is 25.7. The Morgan fingerprint density at radius 2 is 1.92 bits per heavy atom. The highest BCUT2D eigenvalue weighted by Crippen LogP contribution is 2.61. The summed E-state index contributed by atoms with van der Waals surface area (Å²) in [6.45, 7) is 7.03. The predicted molar refractivity (Wildman–Crippen MR) is 139 cm³/mol. The Balaban J connectivity index is 1.66. The van der Waals surface area contributed by atoms with Crippen LogP contribution in [0.4, 0.5) is 0 Å². The van der Waals surface area contributed by atoms with Crippen LogP contribution in [-0.2, 0) is 11.2 Å². The lowest BCUT2D eigenvalue weighted by Gasteiger charge is -2.61. The highest BCUT2D eigenvalue weighted by molar-refractivity contribution is 5.74. The van der Waals surface area contributed by atoms with E-state index in [0.29, 0.717) is 52.3 Å². The van der Waals surface area contributed by atoms with Crippen molar-refractivity contribution in [2.75, 3.05) is 21.0 Å². The average molecular weight is 536 g/mol. The second-order valence-electron chi connectivity index (χ2n) is 10.9. The molecule has 2 bridgehead atoms. The number of phenolic OH excluding ortho intramolecular Hbond substituents is 1. The third kappa shape index (κ3) is 3.33. The number of aliphatic hydroxyl groups excluding tert-OH is 1. The fourth-order valence-corrected chi connectivity index (χ4v) is 7.53. The van der Waals surface area contributed by atoms with E-state index >= 15 is 0 Å². The molecule has 2 aromatic rings. The summed E-state index contributed by atoms with van der Waals surface area (Å²) in [4.78, 5) is 16.4. The van der Waals surface area contributed by atoms with Crippen molar-refractivity contribution < 1.29 is 34.0 Å². The van der Waals surface area contributed by atoms with Crippen molar-refractivity contribution in [1.29, 1.82) is 5.26 Å². The lowest BCUT2D eigenvalue weighted by molar-refractivity contribution is -0.133. The standard InChI is InChI=1S/C29H33N3O7/c1-7-16-20-21(27(39-14(4)33)13(3)28-29(20)38-11-37-28)24(34)23-22-19-15(8-12(2)26(36-6)25(19)35)9-17(31(22)5)18(10-30)32(16)23/h8,16-18,22-24,34-35H,7,9,11H2,1-6H3/t16-,17?,18-,22?,23-,24-/m0/s1. The fraction of sp³-hybridized carbons (Fsp3) is 0.517. The van der Waals surface area contributed by atoms with Crippen molar-refractivity contribution in [1.82, 2.24) is 9.80 Å². The minimum atomic E-state index is -1.17. The van der Waals surface area contributed by atoms with Crippen LogP contribution in [0.3, 0.4) is 0 Å². The number of aliphatic hydroxyl groups is 1. The van der Waals surface area contributed by atoms with Crippen molar-refractivity contribution in [3.05, 3.63) is 39.4 Å². The van der Waals surface area contributed by atoms with Crippen LogP contribution in [0.1, 0.15) is 71.8 Å². The first-order chi connectivity index (χ1) is 18.7. The Morgan fingerprint density at radius 3 is 2.56 bits per heavy atom. The second-order valence-corrected chi connectivity index (χ2v) is 10.9. The van der Waals surface area contributed by atoms with Gasteiger partial charge in [0.05, 0.1) is 25.3 Å². The molecule has 206 valence electrons. The Morgan fingerprint density at radius 1 is 1.21 bits per heavy atom. The van der Waals surface area contributed by atoms with Crippen LogP contribution in [-0.4, -0.2) is 65.1 Å². The molecule has 1 fully saturated rings. The number of methoxy groups -OCH3 is 1. The minimum Gasteiger partial charge on any atom is -0.504 e. The Bertz CT molecular complexity index is 1430. The largest absolute Gasteiger partial charge is 0.504 e. The molecule has 0 spiro atoms. The van der Waals surface area contributed by atoms with E-state index in [1.165, 1.54) is 14.0 Å². The van der Waals surface area contributed by atoms with E-state index < -0.39 is 30.2 Å². The minimum absolute atomic E-state index is 0.0121. The number of aromatic hydroxyl groups is 1. The third-order valence-corrected chi connectivity index (χ3v) is 8.96. The number of aryl methyl sites for hydroxylation is 1. The summed E-state index contributed by atoms with van der Waals surface area (Å²) >= 11 is 0. The number of hydrogen-bond acceptors (Lipinski definition) is 10. The molecule has 0 aliphatic carbocycles. The van der Waals surface area contributed by atoms with Gasteiger partial charge in [0.25, 0.3) is 0 Å². The molecular formula is C29H33N3O7. The maximum Gasteiger partial charge on any atom is 0.308 e. The van der Waals surface area contributed by atoms with Gasteiger partial charge in [0.15, 0.2) is 23.0 Å². The first-order valence-electron chi connectivity index (χ1n) is 13.3. The van der Waals surface area contributed by atoms with E-state index in [1.807, 2.05) is 27.0 Å². The highest BCUT2D eigenvalue weighted by atomic mass is 16.7. The number of carbonyl (C=O) groups is 1. The van der Waals surface area contributed by atoms with Gasteiger partial charge in [-0.15, -0.1) is 0 Å². The van der Waals surface area contributed by atoms with Gasteiger partial charge in [-0.1, -0.05) is 13.0 Å². The van der Waals surface area contributed by atoms with Gasteiger partial charge < -0.3 is 29.2 Å². The molecule has 10 nitrogen and oxygen atoms in total. The predicted octanol–water partition coefficient (Wildman–Crippen LogP) is 3.34. The number of fused-ring (bicyclic) bond motifs is 9. The van der Waals surface area contributed by atoms with E-state index in [-0.39, 0.29) is 30.4 Å². The number of benzene rings is 2. The Hall–Kier alpha value is -3.52. The van der Waals surface area contributed by atoms with Gasteiger partial charge in [0.2, 0.25) is 6.79 Å². The van der Waals surface area contributed by atoms with Crippen molar-refractivity contribution in [2.24, 2.45) is 0 Å². The molecule has 1 saturated heterocycles. The van der Waals surface area contributed by atoms with Gasteiger partial charge in [-0.2, -0.15) is 5.26 Å². The first-order valence-corrected chi connectivity index (χ1v) is 13.3. The summed E-state index contributed by atoms with van der Waals surface area (Å²) in [7, 11) is 3.46. The van der Waals surface area contributed by atoms with Gasteiger partial charge in [-0.05, 0) is 44.9 Å². The van der Waals surface area contributed by atoms with E-state index in [1.54, 1.807) is 6.92 Å². The molecule has 0 aromatic heterocycles. The number of rotatable bonds is 3. The second kappa shape index (κ2) is 9.01. The summed E-state index contributed by atoms with van der Waals surface area (Å²) in [5.41, 5.74) is 4.15. The van der Waals surface area contributed by atoms with E-state index in [4.69, 9.17) is 18.9 Å². The van der Waals surface area contributed by atoms with Gasteiger partial charge in [0.1, 0.15) is 17.9 Å². The van der Waals surface area contributed by atoms with Crippen LogP contribution in [0.2, 0.25) is 0 Å². The lowest BCUT2D eigenvalue weighted by atomic mass is 9.70. The quantitative estimate of drug-likeness (QED) is 0.447. The van der Waals surface area contributed by atoms with Crippen molar-refractivity contribution in [3.8, 4) is 34.8 Å². The monoisotopic (exact) mass is 535 g/mol. The molecule has 4 heterocycles. The normalized spacial score (nSPS) is 28.7. The van der Waals surface area contributed by atoms with Crippen molar-refractivity contribution in [3.63, 3.8) is 0 Å². The number of carbonyl (C=O) groups excluding carboxylic acids is 1. The Labute approximate surface area is 227 Å². The molecule has 2 aromatic carbocycles. The number of phenols is 1. The number of ether oxygens (including phenoxy) is 4. The van der Waals surface area contributed by atoms with Gasteiger partial charge in [0, 0.05) is 41.3 Å². The molecule has 6 atom stereocenters. The molecular weight excluding hydrogens is 502 g/mol. The maximum absolute atomic E-state index is 12.3. The molecule has 39 heavy (non-hydrogen) atoms. The summed E-state index contributed by atoms with van der Waals surface area (Å²) in [6, 6.07) is 2.38. The lowest BCUT2D eigenvalue weighted by Crippen LogP contribution is -2.68. The number of piperazine rings is 1. The van der Waals surface area contributed by atoms with Crippen LogP contribution in [0.5, 0.6) is 28.7 Å². The summed E-state index contributed by atoms with van der Waals surface area (Å²) in [5, 5.41) is 34.3. The number of nitrogens with zero attached hydrogens (tertiary/aromatic N) is 3. The molecule has 2 N–H and O–H groups in total. The van der Waals surface area contributed by atoms with Gasteiger partial charge in [-0.25, -0.2) is 0 Å². The number of hydrogen-bond donors (Lipinski definition) is 2. The van der Waals surface area contributed by atoms with E-state index in [2.05, 4.69) is 15.9 Å². The van der Waals surface area contributed by atoms with Crippen LogP contribution >= 0.6 is 0 Å². The van der Waals surface area contributed by atoms with E-state index in [0.717, 1.165) is 11.1 Å². The van der Waals surface area contributed by atoms with E-state index in [9.17, 15) is 20.3 Å². The summed E-state index contributed by atoms with van der Waals surface area (Å²) < 4.78 is 23.0. The molecule has 4 aliphatic heterocycles. The number of nitriles is 1. The van der Waals surface area contributed by atoms with Crippen LogP contribution in [0.25, 0.3) is 0 Å². The van der Waals surface area contributed by atoms with Crippen LogP contribution in [0, 0.1) is 25.2 Å². The Kier molecular flexibility index (Phi) is 5.95. The summed E-state index contributed by atoms with van der Waals surface area (Å²) in [5.74, 6) is 1.19. The third-order valence-electron chi connectivity index (χ3n) is 8.96. The van der Waals surface area contributed by atoms with Crippen molar-refractivity contribution >= 4 is 5.97 Å². The number of likely N-dealkylation sites (N-methyl/N-ethyl adjacent to an activating group) is 1. The molecule has 0 amide bonds. The van der Waals surface area contributed by atoms with Gasteiger partial charge in [-0.3, -0.25) is 14.6 Å². The SMILES string of the molecule is CC[C@H]1c2c3c(c(C)c(OC(C)=O)c2[C@H](O)[C@@H]2C4c5c(cc(C)c(OC)c5O)CC([C@H](C#N)N12)N4C)OCO3. The van der Waals surface area contributed by atoms with Crippen LogP contribution < -0.4 is 18.9 Å². The van der Waals surface area contributed by atoms with Crippen molar-refractivity contribution in [2.45, 2.75) is 76.8 Å². The zero-order valence-electron chi connectivity index (χ0n) is 22.9. The average Bonchev–Trinajstić information content (AvgIpc) is 3.38. The molecule has 0 radical (unpaired) electrons. The van der Waals surface area contributed by atoms with Gasteiger partial charge >= 0.3 is 5.97 Å². The molecule has 10 heteroatoms. The smallest absolute Gasteiger partial charge is 0.308 e. The maximum atomic E-state index is 12.3.